The van der Waals surface area contributed by atoms with Gasteiger partial charge in [-0.2, -0.15) is 5.10 Å². The minimum atomic E-state index is -0.903. The fourth-order valence-corrected chi connectivity index (χ4v) is 3.47. The van der Waals surface area contributed by atoms with E-state index in [1.54, 1.807) is 31.3 Å². The number of aromatic nitrogens is 2. The van der Waals surface area contributed by atoms with Gasteiger partial charge in [-0.05, 0) is 37.3 Å². The topological polar surface area (TPSA) is 99.2 Å². The molecule has 1 aliphatic rings. The molecule has 28 heavy (non-hydrogen) atoms. The monoisotopic (exact) mass is 399 g/mol. The number of fused-ring (bicyclic) bond motifs is 1. The van der Waals surface area contributed by atoms with E-state index in [0.717, 1.165) is 17.0 Å². The molecular formula is C19H15ClFN5O2. The van der Waals surface area contributed by atoms with Crippen LogP contribution in [0.15, 0.2) is 47.6 Å². The predicted octanol–water partition coefficient (Wildman–Crippen LogP) is 3.84. The van der Waals surface area contributed by atoms with Crippen LogP contribution in [0.25, 0.3) is 10.9 Å². The number of amides is 3. The van der Waals surface area contributed by atoms with Gasteiger partial charge in [0.1, 0.15) is 11.7 Å². The highest BCUT2D eigenvalue weighted by Crippen LogP contribution is 2.31. The van der Waals surface area contributed by atoms with Gasteiger partial charge < -0.3 is 10.6 Å². The second kappa shape index (κ2) is 7.05. The SMILES string of the molecule is CC1=NC(=O)NC(c2ccc(Cl)cc2F)C1C(=O)Nc1ccc2[nH]ncc2c1. The Morgan fingerprint density at radius 1 is 1.25 bits per heavy atom. The lowest BCUT2D eigenvalue weighted by Crippen LogP contribution is -2.45. The van der Waals surface area contributed by atoms with Gasteiger partial charge in [0, 0.05) is 27.4 Å². The summed E-state index contributed by atoms with van der Waals surface area (Å²) >= 11 is 5.82. The lowest BCUT2D eigenvalue weighted by Gasteiger charge is -2.30. The van der Waals surface area contributed by atoms with E-state index >= 15 is 0 Å². The molecule has 2 heterocycles. The molecule has 0 bridgehead atoms. The zero-order chi connectivity index (χ0) is 19.8. The molecule has 7 nitrogen and oxygen atoms in total. The number of hydrogen-bond acceptors (Lipinski definition) is 3. The van der Waals surface area contributed by atoms with Gasteiger partial charge in [-0.1, -0.05) is 17.7 Å². The van der Waals surface area contributed by atoms with Crippen LogP contribution in [0.4, 0.5) is 14.9 Å². The number of aromatic amines is 1. The van der Waals surface area contributed by atoms with E-state index in [4.69, 9.17) is 11.6 Å². The van der Waals surface area contributed by atoms with Gasteiger partial charge in [-0.15, -0.1) is 0 Å². The summed E-state index contributed by atoms with van der Waals surface area (Å²) in [5, 5.41) is 13.2. The molecular weight excluding hydrogens is 385 g/mol. The molecule has 0 radical (unpaired) electrons. The first kappa shape index (κ1) is 18.1. The van der Waals surface area contributed by atoms with Gasteiger partial charge in [0.05, 0.1) is 17.8 Å². The van der Waals surface area contributed by atoms with Crippen LogP contribution in [-0.2, 0) is 4.79 Å². The van der Waals surface area contributed by atoms with Gasteiger partial charge in [0.15, 0.2) is 0 Å². The van der Waals surface area contributed by atoms with Crippen molar-refractivity contribution >= 4 is 45.8 Å². The molecule has 0 aliphatic carbocycles. The highest BCUT2D eigenvalue weighted by Gasteiger charge is 2.38. The molecule has 3 amide bonds. The van der Waals surface area contributed by atoms with Gasteiger partial charge in [-0.3, -0.25) is 9.89 Å². The van der Waals surface area contributed by atoms with Crippen LogP contribution < -0.4 is 10.6 Å². The molecule has 2 aromatic carbocycles. The quantitative estimate of drug-likeness (QED) is 0.624. The summed E-state index contributed by atoms with van der Waals surface area (Å²) in [6.45, 7) is 1.57. The number of rotatable bonds is 3. The fraction of sp³-hybridized carbons (Fsp3) is 0.158. The van der Waals surface area contributed by atoms with Gasteiger partial charge >= 0.3 is 6.03 Å². The van der Waals surface area contributed by atoms with Gasteiger partial charge in [0.2, 0.25) is 5.91 Å². The van der Waals surface area contributed by atoms with Crippen molar-refractivity contribution in [2.75, 3.05) is 5.32 Å². The smallest absolute Gasteiger partial charge is 0.328 e. The van der Waals surface area contributed by atoms with Crippen molar-refractivity contribution in [1.29, 1.82) is 0 Å². The third-order valence-corrected chi connectivity index (χ3v) is 4.86. The maximum atomic E-state index is 14.5. The molecule has 1 aromatic heterocycles. The summed E-state index contributed by atoms with van der Waals surface area (Å²) in [4.78, 5) is 28.7. The average molecular weight is 400 g/mol. The summed E-state index contributed by atoms with van der Waals surface area (Å²) < 4.78 is 14.5. The van der Waals surface area contributed by atoms with E-state index in [0.29, 0.717) is 11.4 Å². The molecule has 9 heteroatoms. The molecule has 2 atom stereocenters. The van der Waals surface area contributed by atoms with Crippen LogP contribution in [0.2, 0.25) is 5.02 Å². The number of carbonyl (C=O) groups is 2. The third kappa shape index (κ3) is 3.34. The molecule has 0 saturated heterocycles. The van der Waals surface area contributed by atoms with Gasteiger partial charge in [0.25, 0.3) is 0 Å². The number of anilines is 1. The standard InChI is InChI=1S/C19H15ClFN5O2/c1-9-16(18(27)24-12-3-5-15-10(6-12)8-22-26-15)17(25-19(28)23-9)13-4-2-11(20)7-14(13)21/h2-8,16-17H,1H3,(H,22,26)(H,24,27)(H,25,28). The summed E-state index contributed by atoms with van der Waals surface area (Å²) in [5.41, 5.74) is 1.85. The van der Waals surface area contributed by atoms with E-state index in [1.165, 1.54) is 12.1 Å². The Morgan fingerprint density at radius 3 is 2.86 bits per heavy atom. The van der Waals surface area contributed by atoms with E-state index < -0.39 is 29.7 Å². The van der Waals surface area contributed by atoms with E-state index in [9.17, 15) is 14.0 Å². The Hall–Kier alpha value is -3.26. The Kier molecular flexibility index (Phi) is 4.56. The van der Waals surface area contributed by atoms with Crippen molar-refractivity contribution in [2.24, 2.45) is 10.9 Å². The maximum Gasteiger partial charge on any atom is 0.341 e. The van der Waals surface area contributed by atoms with Crippen molar-refractivity contribution in [2.45, 2.75) is 13.0 Å². The highest BCUT2D eigenvalue weighted by atomic mass is 35.5. The summed E-state index contributed by atoms with van der Waals surface area (Å²) in [5.74, 6) is -1.90. The first-order valence-corrected chi connectivity index (χ1v) is 8.85. The molecule has 2 unspecified atom stereocenters. The number of urea groups is 1. The van der Waals surface area contributed by atoms with Crippen molar-refractivity contribution in [3.63, 3.8) is 0 Å². The third-order valence-electron chi connectivity index (χ3n) is 4.63. The number of aliphatic imine (C=N–C) groups is 1. The minimum absolute atomic E-state index is 0.164. The van der Waals surface area contributed by atoms with E-state index in [2.05, 4.69) is 25.8 Å². The van der Waals surface area contributed by atoms with E-state index in [1.807, 2.05) is 0 Å². The van der Waals surface area contributed by atoms with Crippen LogP contribution in [0.1, 0.15) is 18.5 Å². The molecule has 0 fully saturated rings. The van der Waals surface area contributed by atoms with Crippen LogP contribution in [0.3, 0.4) is 0 Å². The Bertz CT molecular complexity index is 1130. The second-order valence-corrected chi connectivity index (χ2v) is 6.92. The number of carbonyl (C=O) groups excluding carboxylic acids is 2. The van der Waals surface area contributed by atoms with Crippen molar-refractivity contribution in [3.05, 3.63) is 59.0 Å². The average Bonchev–Trinajstić information content (AvgIpc) is 3.08. The zero-order valence-electron chi connectivity index (χ0n) is 14.7. The first-order valence-electron chi connectivity index (χ1n) is 8.47. The fourth-order valence-electron chi connectivity index (χ4n) is 3.31. The van der Waals surface area contributed by atoms with E-state index in [-0.39, 0.29) is 10.6 Å². The van der Waals surface area contributed by atoms with Crippen molar-refractivity contribution in [1.82, 2.24) is 15.5 Å². The highest BCUT2D eigenvalue weighted by molar-refractivity contribution is 6.30. The normalized spacial score (nSPS) is 19.2. The van der Waals surface area contributed by atoms with Crippen molar-refractivity contribution in [3.8, 4) is 0 Å². The van der Waals surface area contributed by atoms with Crippen LogP contribution in [-0.4, -0.2) is 27.8 Å². The Labute approximate surface area is 164 Å². The number of nitrogens with zero attached hydrogens (tertiary/aromatic N) is 2. The lowest BCUT2D eigenvalue weighted by molar-refractivity contribution is -0.118. The lowest BCUT2D eigenvalue weighted by atomic mass is 9.87. The maximum absolute atomic E-state index is 14.5. The number of H-pyrrole nitrogens is 1. The minimum Gasteiger partial charge on any atom is -0.328 e. The molecule has 1 aliphatic heterocycles. The van der Waals surface area contributed by atoms with Crippen LogP contribution in [0, 0.1) is 11.7 Å². The Balaban J connectivity index is 1.67. The Morgan fingerprint density at radius 2 is 2.07 bits per heavy atom. The molecule has 3 N–H and O–H groups in total. The number of halogens is 2. The van der Waals surface area contributed by atoms with Crippen molar-refractivity contribution < 1.29 is 14.0 Å². The largest absolute Gasteiger partial charge is 0.341 e. The number of nitrogens with one attached hydrogen (secondary N) is 3. The van der Waals surface area contributed by atoms with Crippen LogP contribution >= 0.6 is 11.6 Å². The number of benzene rings is 2. The zero-order valence-corrected chi connectivity index (χ0v) is 15.4. The number of hydrogen-bond donors (Lipinski definition) is 3. The molecule has 142 valence electrons. The molecule has 0 spiro atoms. The van der Waals surface area contributed by atoms with Crippen LogP contribution in [0.5, 0.6) is 0 Å². The summed E-state index contributed by atoms with van der Waals surface area (Å²) in [7, 11) is 0. The predicted molar refractivity (Wildman–Crippen MR) is 104 cm³/mol. The summed E-state index contributed by atoms with van der Waals surface area (Å²) in [6, 6.07) is 7.87. The second-order valence-electron chi connectivity index (χ2n) is 6.49. The molecule has 4 rings (SSSR count). The molecule has 0 saturated carbocycles. The summed E-state index contributed by atoms with van der Waals surface area (Å²) in [6.07, 6.45) is 1.64. The first-order chi connectivity index (χ1) is 13.4. The van der Waals surface area contributed by atoms with Gasteiger partial charge in [-0.25, -0.2) is 14.2 Å². The molecule has 3 aromatic rings.